The summed E-state index contributed by atoms with van der Waals surface area (Å²) in [5.74, 6) is 1.32. The molecule has 0 saturated carbocycles. The standard InChI is InChI=1S/C20H18Br2O3S/c21-15-9-11-5-1-3-7-13(11)17-18-14-8-4-2-6-12(14)10-16(22)20(18)25-26(23)24-19(15)17/h9-10H,1-8H2. The predicted molar refractivity (Wildman–Crippen MR) is 110 cm³/mol. The van der Waals surface area contributed by atoms with Gasteiger partial charge in [-0.25, -0.2) is 0 Å². The summed E-state index contributed by atoms with van der Waals surface area (Å²) in [6, 6.07) is 4.28. The molecule has 3 nitrogen and oxygen atoms in total. The summed E-state index contributed by atoms with van der Waals surface area (Å²) in [4.78, 5) is 0. The number of benzene rings is 2. The summed E-state index contributed by atoms with van der Waals surface area (Å²) in [5, 5.41) is 0. The molecular formula is C20H18Br2O3S. The Morgan fingerprint density at radius 2 is 1.15 bits per heavy atom. The molecule has 1 aliphatic heterocycles. The van der Waals surface area contributed by atoms with Gasteiger partial charge < -0.3 is 8.37 Å². The van der Waals surface area contributed by atoms with Crippen LogP contribution in [0.3, 0.4) is 0 Å². The van der Waals surface area contributed by atoms with Crippen molar-refractivity contribution in [3.8, 4) is 22.6 Å². The number of rotatable bonds is 0. The maximum Gasteiger partial charge on any atom is 0.417 e. The van der Waals surface area contributed by atoms with E-state index >= 15 is 0 Å². The third kappa shape index (κ3) is 2.68. The molecule has 3 aliphatic rings. The molecule has 0 aromatic heterocycles. The quantitative estimate of drug-likeness (QED) is 0.448. The fourth-order valence-corrected chi connectivity index (χ4v) is 6.52. The SMILES string of the molecule is O=S1Oc2c(Br)cc3c(c2-c2c4c(cc(Br)c2O1)CCCC4)CCCC3. The lowest BCUT2D eigenvalue weighted by Gasteiger charge is -2.26. The van der Waals surface area contributed by atoms with Gasteiger partial charge in [-0.1, -0.05) is 0 Å². The third-order valence-corrected chi connectivity index (χ3v) is 7.45. The maximum atomic E-state index is 12.5. The second kappa shape index (κ2) is 6.64. The van der Waals surface area contributed by atoms with Crippen LogP contribution in [0.5, 0.6) is 11.5 Å². The smallest absolute Gasteiger partial charge is 0.369 e. The molecule has 0 bridgehead atoms. The molecule has 0 unspecified atom stereocenters. The van der Waals surface area contributed by atoms with Crippen LogP contribution in [-0.2, 0) is 37.0 Å². The van der Waals surface area contributed by atoms with Crippen molar-refractivity contribution in [3.63, 3.8) is 0 Å². The number of halogens is 2. The molecule has 2 aromatic rings. The van der Waals surface area contributed by atoms with Crippen LogP contribution in [0.2, 0.25) is 0 Å². The number of hydrogen-bond donors (Lipinski definition) is 0. The van der Waals surface area contributed by atoms with Crippen molar-refractivity contribution in [2.24, 2.45) is 0 Å². The van der Waals surface area contributed by atoms with Gasteiger partial charge in [-0.3, -0.25) is 0 Å². The molecule has 0 radical (unpaired) electrons. The molecule has 0 fully saturated rings. The molecule has 0 saturated heterocycles. The highest BCUT2D eigenvalue weighted by Gasteiger charge is 2.33. The van der Waals surface area contributed by atoms with Crippen molar-refractivity contribution < 1.29 is 12.6 Å². The van der Waals surface area contributed by atoms with E-state index < -0.39 is 11.4 Å². The number of aryl methyl sites for hydroxylation is 2. The lowest BCUT2D eigenvalue weighted by atomic mass is 9.80. The van der Waals surface area contributed by atoms with Crippen LogP contribution in [0.15, 0.2) is 21.1 Å². The van der Waals surface area contributed by atoms with Gasteiger partial charge in [0.15, 0.2) is 11.5 Å². The van der Waals surface area contributed by atoms with Gasteiger partial charge in [0.05, 0.1) is 8.95 Å². The number of fused-ring (bicyclic) bond motifs is 7. The lowest BCUT2D eigenvalue weighted by molar-refractivity contribution is 0.466. The van der Waals surface area contributed by atoms with Crippen molar-refractivity contribution in [3.05, 3.63) is 43.3 Å². The van der Waals surface area contributed by atoms with Crippen LogP contribution in [0.4, 0.5) is 0 Å². The van der Waals surface area contributed by atoms with E-state index in [1.54, 1.807) is 0 Å². The highest BCUT2D eigenvalue weighted by Crippen LogP contribution is 2.53. The Morgan fingerprint density at radius 3 is 1.62 bits per heavy atom. The van der Waals surface area contributed by atoms with E-state index in [4.69, 9.17) is 8.37 Å². The van der Waals surface area contributed by atoms with Gasteiger partial charge in [0.25, 0.3) is 0 Å². The number of hydrogen-bond acceptors (Lipinski definition) is 3. The van der Waals surface area contributed by atoms with E-state index in [0.29, 0.717) is 11.5 Å². The van der Waals surface area contributed by atoms with Gasteiger partial charge in [-0.2, -0.15) is 4.21 Å². The van der Waals surface area contributed by atoms with Crippen LogP contribution in [0.25, 0.3) is 11.1 Å². The molecule has 6 heteroatoms. The molecule has 0 amide bonds. The van der Waals surface area contributed by atoms with Gasteiger partial charge in [0.2, 0.25) is 0 Å². The Morgan fingerprint density at radius 1 is 0.731 bits per heavy atom. The second-order valence-electron chi connectivity index (χ2n) is 7.19. The van der Waals surface area contributed by atoms with Crippen LogP contribution in [0, 0.1) is 0 Å². The van der Waals surface area contributed by atoms with Crippen molar-refractivity contribution in [1.82, 2.24) is 0 Å². The predicted octanol–water partition coefficient (Wildman–Crippen LogP) is 5.99. The van der Waals surface area contributed by atoms with E-state index in [1.807, 2.05) is 0 Å². The Balaban J connectivity index is 1.91. The second-order valence-corrected chi connectivity index (χ2v) is 9.64. The maximum absolute atomic E-state index is 12.5. The Labute approximate surface area is 172 Å². The summed E-state index contributed by atoms with van der Waals surface area (Å²) in [5.41, 5.74) is 7.60. The van der Waals surface area contributed by atoms with Gasteiger partial charge in [-0.05, 0) is 118 Å². The molecule has 0 N–H and O–H groups in total. The summed E-state index contributed by atoms with van der Waals surface area (Å²) in [7, 11) is 0. The fraction of sp³-hybridized carbons (Fsp3) is 0.400. The monoisotopic (exact) mass is 496 g/mol. The minimum atomic E-state index is -1.86. The van der Waals surface area contributed by atoms with Crippen molar-refractivity contribution >= 4 is 43.2 Å². The molecule has 1 heterocycles. The van der Waals surface area contributed by atoms with Gasteiger partial charge in [0.1, 0.15) is 0 Å². The third-order valence-electron chi connectivity index (χ3n) is 5.67. The average Bonchev–Trinajstić information content (AvgIpc) is 2.79. The zero-order valence-corrected chi connectivity index (χ0v) is 18.2. The first-order valence-corrected chi connectivity index (χ1v) is 11.7. The molecule has 0 spiro atoms. The van der Waals surface area contributed by atoms with E-state index in [1.165, 1.54) is 47.9 Å². The molecule has 2 aliphatic carbocycles. The molecule has 26 heavy (non-hydrogen) atoms. The largest absolute Gasteiger partial charge is 0.417 e. The topological polar surface area (TPSA) is 35.5 Å². The summed E-state index contributed by atoms with van der Waals surface area (Å²) < 4.78 is 25.7. The van der Waals surface area contributed by atoms with Crippen molar-refractivity contribution in [2.45, 2.75) is 51.4 Å². The molecule has 136 valence electrons. The summed E-state index contributed by atoms with van der Waals surface area (Å²) >= 11 is 5.46. The molecule has 2 aromatic carbocycles. The molecule has 0 atom stereocenters. The Kier molecular flexibility index (Phi) is 4.41. The van der Waals surface area contributed by atoms with Crippen molar-refractivity contribution in [2.75, 3.05) is 0 Å². The first-order valence-electron chi connectivity index (χ1n) is 9.11. The van der Waals surface area contributed by atoms with E-state index in [9.17, 15) is 4.21 Å². The lowest BCUT2D eigenvalue weighted by Crippen LogP contribution is -2.09. The van der Waals surface area contributed by atoms with Crippen molar-refractivity contribution in [1.29, 1.82) is 0 Å². The highest BCUT2D eigenvalue weighted by molar-refractivity contribution is 9.11. The minimum Gasteiger partial charge on any atom is -0.369 e. The Bertz CT molecular complexity index is 880. The normalized spacial score (nSPS) is 18.5. The van der Waals surface area contributed by atoms with Gasteiger partial charge >= 0.3 is 11.4 Å². The fourth-order valence-electron chi connectivity index (χ4n) is 4.54. The van der Waals surface area contributed by atoms with Gasteiger partial charge in [-0.15, -0.1) is 0 Å². The van der Waals surface area contributed by atoms with Gasteiger partial charge in [0, 0.05) is 11.1 Å². The first-order chi connectivity index (χ1) is 12.6. The zero-order chi connectivity index (χ0) is 17.8. The summed E-state index contributed by atoms with van der Waals surface area (Å²) in [6.45, 7) is 0. The van der Waals surface area contributed by atoms with E-state index in [0.717, 1.165) is 45.8 Å². The first kappa shape index (κ1) is 17.3. The molecular weight excluding hydrogens is 480 g/mol. The van der Waals surface area contributed by atoms with E-state index in [-0.39, 0.29) is 0 Å². The van der Waals surface area contributed by atoms with E-state index in [2.05, 4.69) is 44.0 Å². The van der Waals surface area contributed by atoms with Crippen LogP contribution in [0.1, 0.15) is 47.9 Å². The summed E-state index contributed by atoms with van der Waals surface area (Å²) in [6.07, 6.45) is 9.00. The molecule has 5 rings (SSSR count). The zero-order valence-electron chi connectivity index (χ0n) is 14.2. The Hall–Kier alpha value is -0.850. The average molecular weight is 498 g/mol. The van der Waals surface area contributed by atoms with Crippen LogP contribution in [-0.4, -0.2) is 4.21 Å². The van der Waals surface area contributed by atoms with Crippen LogP contribution >= 0.6 is 31.9 Å². The highest BCUT2D eigenvalue weighted by atomic mass is 79.9. The van der Waals surface area contributed by atoms with Crippen LogP contribution < -0.4 is 8.37 Å². The minimum absolute atomic E-state index is 0.661.